The lowest BCUT2D eigenvalue weighted by molar-refractivity contribution is 0.102. The van der Waals surface area contributed by atoms with Gasteiger partial charge in [-0.05, 0) is 35.2 Å². The van der Waals surface area contributed by atoms with Gasteiger partial charge >= 0.3 is 0 Å². The summed E-state index contributed by atoms with van der Waals surface area (Å²) in [5.74, 6) is 0.162. The van der Waals surface area contributed by atoms with E-state index in [1.807, 2.05) is 41.8 Å². The van der Waals surface area contributed by atoms with E-state index in [2.05, 4.69) is 20.6 Å². The highest BCUT2D eigenvalue weighted by atomic mass is 35.5. The minimum Gasteiger partial charge on any atom is -0.304 e. The lowest BCUT2D eigenvalue weighted by atomic mass is 10.2. The highest BCUT2D eigenvalue weighted by Crippen LogP contribution is 2.23. The zero-order valence-corrected chi connectivity index (χ0v) is 15.1. The minimum absolute atomic E-state index is 0.308. The predicted octanol–water partition coefficient (Wildman–Crippen LogP) is 4.29. The second-order valence-electron chi connectivity index (χ2n) is 5.63. The van der Waals surface area contributed by atoms with Crippen molar-refractivity contribution in [1.82, 2.24) is 20.0 Å². The molecule has 2 N–H and O–H groups in total. The van der Waals surface area contributed by atoms with Crippen molar-refractivity contribution in [3.63, 3.8) is 0 Å². The Kier molecular flexibility index (Phi) is 4.55. The van der Waals surface area contributed by atoms with Crippen molar-refractivity contribution in [1.29, 1.82) is 0 Å². The van der Waals surface area contributed by atoms with Crippen molar-refractivity contribution < 1.29 is 4.79 Å². The molecule has 0 bridgehead atoms. The monoisotopic (exact) mass is 383 g/mol. The molecule has 3 aromatic heterocycles. The third-order valence-corrected chi connectivity index (χ3v) is 4.85. The van der Waals surface area contributed by atoms with Crippen LogP contribution in [-0.4, -0.2) is 25.9 Å². The van der Waals surface area contributed by atoms with Crippen LogP contribution in [0.25, 0.3) is 10.6 Å². The molecular formula is C18H14ClN5OS. The molecule has 1 aromatic carbocycles. The van der Waals surface area contributed by atoms with Crippen LogP contribution in [0.4, 0.5) is 5.82 Å². The van der Waals surface area contributed by atoms with Gasteiger partial charge in [0.15, 0.2) is 11.5 Å². The van der Waals surface area contributed by atoms with Crippen molar-refractivity contribution in [3.8, 4) is 10.6 Å². The Morgan fingerprint density at radius 2 is 2.15 bits per heavy atom. The maximum Gasteiger partial charge on any atom is 0.277 e. The van der Waals surface area contributed by atoms with E-state index in [1.165, 1.54) is 0 Å². The smallest absolute Gasteiger partial charge is 0.277 e. The molecule has 6 nitrogen and oxygen atoms in total. The Bertz CT molecular complexity index is 1040. The normalized spacial score (nSPS) is 10.8. The number of amides is 1. The van der Waals surface area contributed by atoms with Crippen LogP contribution >= 0.6 is 22.9 Å². The molecular weight excluding hydrogens is 370 g/mol. The van der Waals surface area contributed by atoms with Crippen LogP contribution in [0.3, 0.4) is 0 Å². The number of aromatic nitrogens is 4. The van der Waals surface area contributed by atoms with Crippen molar-refractivity contribution >= 4 is 34.7 Å². The maximum absolute atomic E-state index is 12.4. The van der Waals surface area contributed by atoms with Crippen LogP contribution in [0.15, 0.2) is 60.1 Å². The van der Waals surface area contributed by atoms with Gasteiger partial charge in [-0.25, -0.2) is 0 Å². The van der Waals surface area contributed by atoms with Crippen LogP contribution in [0.1, 0.15) is 16.1 Å². The first-order chi connectivity index (χ1) is 12.7. The molecule has 0 saturated heterocycles. The van der Waals surface area contributed by atoms with Gasteiger partial charge in [0.05, 0.1) is 17.1 Å². The number of carbonyl (C=O) groups is 1. The fourth-order valence-corrected chi connectivity index (χ4v) is 3.42. The topological polar surface area (TPSA) is 75.6 Å². The second kappa shape index (κ2) is 7.15. The van der Waals surface area contributed by atoms with E-state index in [0.29, 0.717) is 23.1 Å². The van der Waals surface area contributed by atoms with Gasteiger partial charge in [0, 0.05) is 17.3 Å². The highest BCUT2D eigenvalue weighted by molar-refractivity contribution is 7.13. The van der Waals surface area contributed by atoms with E-state index in [-0.39, 0.29) is 5.91 Å². The Hall–Kier alpha value is -2.90. The molecule has 0 aliphatic rings. The molecule has 1 amide bonds. The first-order valence-corrected chi connectivity index (χ1v) is 9.12. The van der Waals surface area contributed by atoms with Gasteiger partial charge in [0.1, 0.15) is 0 Å². The van der Waals surface area contributed by atoms with Crippen LogP contribution in [0, 0.1) is 0 Å². The summed E-state index contributed by atoms with van der Waals surface area (Å²) in [7, 11) is 0. The number of thiophene rings is 1. The number of nitrogens with one attached hydrogen (secondary N) is 2. The highest BCUT2D eigenvalue weighted by Gasteiger charge is 2.13. The number of carbonyl (C=O) groups excluding carboxylic acids is 1. The van der Waals surface area contributed by atoms with Crippen molar-refractivity contribution in [3.05, 3.63) is 76.4 Å². The number of hydrogen-bond acceptors (Lipinski definition) is 4. The lowest BCUT2D eigenvalue weighted by Crippen LogP contribution is -2.13. The number of aromatic amines is 1. The molecule has 0 atom stereocenters. The first-order valence-electron chi connectivity index (χ1n) is 7.86. The van der Waals surface area contributed by atoms with Crippen LogP contribution in [0.5, 0.6) is 0 Å². The summed E-state index contributed by atoms with van der Waals surface area (Å²) >= 11 is 7.58. The number of benzene rings is 1. The number of halogens is 1. The number of nitrogens with zero attached hydrogens (tertiary/aromatic N) is 3. The summed E-state index contributed by atoms with van der Waals surface area (Å²) in [5, 5.41) is 16.7. The number of hydrogen-bond donors (Lipinski definition) is 2. The van der Waals surface area contributed by atoms with Gasteiger partial charge in [-0.2, -0.15) is 10.2 Å². The minimum atomic E-state index is -0.308. The molecule has 0 fully saturated rings. The molecule has 8 heteroatoms. The average molecular weight is 384 g/mol. The molecule has 26 heavy (non-hydrogen) atoms. The molecule has 130 valence electrons. The second-order valence-corrected chi connectivity index (χ2v) is 7.01. The van der Waals surface area contributed by atoms with Crippen molar-refractivity contribution in [2.24, 2.45) is 0 Å². The van der Waals surface area contributed by atoms with Gasteiger partial charge in [0.2, 0.25) is 0 Å². The zero-order valence-electron chi connectivity index (χ0n) is 13.5. The summed E-state index contributed by atoms with van der Waals surface area (Å²) in [5.41, 5.74) is 2.17. The summed E-state index contributed by atoms with van der Waals surface area (Å²) in [6.45, 7) is 0.571. The fourth-order valence-electron chi connectivity index (χ4n) is 2.52. The van der Waals surface area contributed by atoms with Gasteiger partial charge in [-0.15, -0.1) is 11.3 Å². The van der Waals surface area contributed by atoms with E-state index >= 15 is 0 Å². The largest absolute Gasteiger partial charge is 0.304 e. The lowest BCUT2D eigenvalue weighted by Gasteiger charge is -2.02. The van der Waals surface area contributed by atoms with E-state index in [4.69, 9.17) is 11.6 Å². The SMILES string of the molecule is O=C(Nc1ccn(Cc2cccc(Cl)c2)n1)c1cc(-c2cccs2)[nH]n1. The molecule has 0 aliphatic heterocycles. The Labute approximate surface area is 158 Å². The average Bonchev–Trinajstić information content (AvgIpc) is 3.36. The Morgan fingerprint density at radius 3 is 2.96 bits per heavy atom. The zero-order chi connectivity index (χ0) is 17.9. The predicted molar refractivity (Wildman–Crippen MR) is 103 cm³/mol. The Balaban J connectivity index is 1.43. The Morgan fingerprint density at radius 1 is 1.23 bits per heavy atom. The maximum atomic E-state index is 12.4. The fraction of sp³-hybridized carbons (Fsp3) is 0.0556. The van der Waals surface area contributed by atoms with E-state index < -0.39 is 0 Å². The van der Waals surface area contributed by atoms with E-state index in [9.17, 15) is 4.79 Å². The number of rotatable bonds is 5. The van der Waals surface area contributed by atoms with Crippen molar-refractivity contribution in [2.45, 2.75) is 6.54 Å². The standard InChI is InChI=1S/C18H14ClN5OS/c19-13-4-1-3-12(9-13)11-24-7-6-17(23-24)20-18(25)15-10-14(21-22-15)16-5-2-8-26-16/h1-10H,11H2,(H,21,22)(H,20,23,25). The number of anilines is 1. The van der Waals surface area contributed by atoms with Crippen molar-refractivity contribution in [2.75, 3.05) is 5.32 Å². The molecule has 0 saturated carbocycles. The van der Waals surface area contributed by atoms with Gasteiger partial charge in [-0.3, -0.25) is 14.6 Å². The molecule has 4 aromatic rings. The van der Waals surface area contributed by atoms with E-state index in [1.54, 1.807) is 34.3 Å². The van der Waals surface area contributed by atoms with Gasteiger partial charge in [0.25, 0.3) is 5.91 Å². The molecule has 0 unspecified atom stereocenters. The molecule has 0 radical (unpaired) electrons. The van der Waals surface area contributed by atoms with Crippen LogP contribution in [-0.2, 0) is 6.54 Å². The third kappa shape index (κ3) is 3.68. The van der Waals surface area contributed by atoms with Gasteiger partial charge in [-0.1, -0.05) is 29.8 Å². The van der Waals surface area contributed by atoms with Crippen LogP contribution < -0.4 is 5.32 Å². The molecule has 0 spiro atoms. The first kappa shape index (κ1) is 16.6. The molecule has 4 rings (SSSR count). The summed E-state index contributed by atoms with van der Waals surface area (Å²) in [6, 6.07) is 15.0. The van der Waals surface area contributed by atoms with Gasteiger partial charge < -0.3 is 5.32 Å². The van der Waals surface area contributed by atoms with Crippen LogP contribution in [0.2, 0.25) is 5.02 Å². The summed E-state index contributed by atoms with van der Waals surface area (Å²) < 4.78 is 1.74. The quantitative estimate of drug-likeness (QED) is 0.539. The third-order valence-electron chi connectivity index (χ3n) is 3.71. The number of H-pyrrole nitrogens is 1. The summed E-state index contributed by atoms with van der Waals surface area (Å²) in [6.07, 6.45) is 1.80. The van der Waals surface area contributed by atoms with E-state index in [0.717, 1.165) is 16.1 Å². The molecule has 3 heterocycles. The summed E-state index contributed by atoms with van der Waals surface area (Å²) in [4.78, 5) is 13.4. The molecule has 0 aliphatic carbocycles.